The van der Waals surface area contributed by atoms with Gasteiger partial charge >= 0.3 is 0 Å². The SMILES string of the molecule is COc1ccc(NC(=O)C2CCCN2)cc1-n1cnc(C)c1. The third-order valence-electron chi connectivity index (χ3n) is 3.81. The molecule has 22 heavy (non-hydrogen) atoms. The Bertz CT molecular complexity index is 675. The molecule has 1 atom stereocenters. The van der Waals surface area contributed by atoms with Crippen LogP contribution in [0.25, 0.3) is 5.69 Å². The van der Waals surface area contributed by atoms with Crippen LogP contribution in [0.15, 0.2) is 30.7 Å². The van der Waals surface area contributed by atoms with Crippen molar-refractivity contribution in [1.82, 2.24) is 14.9 Å². The molecule has 1 saturated heterocycles. The Morgan fingerprint density at radius 3 is 3.00 bits per heavy atom. The van der Waals surface area contributed by atoms with E-state index >= 15 is 0 Å². The van der Waals surface area contributed by atoms with Crippen LogP contribution in [0, 0.1) is 6.92 Å². The maximum Gasteiger partial charge on any atom is 0.241 e. The molecule has 3 rings (SSSR count). The van der Waals surface area contributed by atoms with Crippen molar-refractivity contribution in [3.63, 3.8) is 0 Å². The van der Waals surface area contributed by atoms with Crippen LogP contribution in [0.3, 0.4) is 0 Å². The van der Waals surface area contributed by atoms with Gasteiger partial charge in [-0.1, -0.05) is 0 Å². The largest absolute Gasteiger partial charge is 0.495 e. The van der Waals surface area contributed by atoms with E-state index < -0.39 is 0 Å². The second-order valence-corrected chi connectivity index (χ2v) is 5.45. The molecule has 1 unspecified atom stereocenters. The van der Waals surface area contributed by atoms with Crippen LogP contribution in [0.4, 0.5) is 5.69 Å². The Kier molecular flexibility index (Phi) is 4.11. The third-order valence-corrected chi connectivity index (χ3v) is 3.81. The van der Waals surface area contributed by atoms with Crippen LogP contribution < -0.4 is 15.4 Å². The number of imidazole rings is 1. The second kappa shape index (κ2) is 6.19. The minimum Gasteiger partial charge on any atom is -0.495 e. The van der Waals surface area contributed by atoms with Gasteiger partial charge in [-0.2, -0.15) is 0 Å². The molecule has 0 aliphatic carbocycles. The molecule has 0 spiro atoms. The van der Waals surface area contributed by atoms with Crippen molar-refractivity contribution in [2.75, 3.05) is 19.0 Å². The predicted molar refractivity (Wildman–Crippen MR) is 84.5 cm³/mol. The van der Waals surface area contributed by atoms with Crippen LogP contribution in [0.2, 0.25) is 0 Å². The minimum absolute atomic E-state index is 0.00966. The summed E-state index contributed by atoms with van der Waals surface area (Å²) in [5.41, 5.74) is 2.52. The number of methoxy groups -OCH3 is 1. The molecule has 2 aromatic rings. The van der Waals surface area contributed by atoms with E-state index in [4.69, 9.17) is 4.74 Å². The average Bonchev–Trinajstić information content (AvgIpc) is 3.18. The Labute approximate surface area is 129 Å². The van der Waals surface area contributed by atoms with Gasteiger partial charge in [0.05, 0.1) is 30.9 Å². The van der Waals surface area contributed by atoms with E-state index in [9.17, 15) is 4.79 Å². The van der Waals surface area contributed by atoms with E-state index in [2.05, 4.69) is 15.6 Å². The molecule has 6 nitrogen and oxygen atoms in total. The fourth-order valence-electron chi connectivity index (χ4n) is 2.66. The van der Waals surface area contributed by atoms with E-state index in [1.165, 1.54) is 0 Å². The predicted octanol–water partition coefficient (Wildman–Crippen LogP) is 1.88. The molecule has 0 saturated carbocycles. The van der Waals surface area contributed by atoms with Crippen molar-refractivity contribution in [2.24, 2.45) is 0 Å². The molecular formula is C16H20N4O2. The lowest BCUT2D eigenvalue weighted by Gasteiger charge is -2.14. The van der Waals surface area contributed by atoms with Crippen molar-refractivity contribution in [1.29, 1.82) is 0 Å². The van der Waals surface area contributed by atoms with Gasteiger partial charge in [0.25, 0.3) is 0 Å². The number of carbonyl (C=O) groups excluding carboxylic acids is 1. The van der Waals surface area contributed by atoms with Gasteiger partial charge in [0.2, 0.25) is 5.91 Å². The number of hydrogen-bond acceptors (Lipinski definition) is 4. The number of aromatic nitrogens is 2. The van der Waals surface area contributed by atoms with Gasteiger partial charge in [-0.15, -0.1) is 0 Å². The van der Waals surface area contributed by atoms with Gasteiger partial charge in [-0.05, 0) is 44.5 Å². The molecule has 1 aliphatic rings. The van der Waals surface area contributed by atoms with Crippen LogP contribution >= 0.6 is 0 Å². The standard InChI is InChI=1S/C16H20N4O2/c1-11-9-20(10-18-11)14-8-12(5-6-15(14)22-2)19-16(21)13-4-3-7-17-13/h5-6,8-10,13,17H,3-4,7H2,1-2H3,(H,19,21). The first kappa shape index (κ1) is 14.6. The molecule has 6 heteroatoms. The highest BCUT2D eigenvalue weighted by Gasteiger charge is 2.22. The minimum atomic E-state index is -0.0963. The lowest BCUT2D eigenvalue weighted by molar-refractivity contribution is -0.117. The van der Waals surface area contributed by atoms with Gasteiger partial charge in [0.15, 0.2) is 0 Å². The highest BCUT2D eigenvalue weighted by molar-refractivity contribution is 5.95. The van der Waals surface area contributed by atoms with Gasteiger partial charge in [0.1, 0.15) is 5.75 Å². The summed E-state index contributed by atoms with van der Waals surface area (Å²) in [7, 11) is 1.63. The first-order valence-corrected chi connectivity index (χ1v) is 7.40. The summed E-state index contributed by atoms with van der Waals surface area (Å²) < 4.78 is 7.28. The molecular weight excluding hydrogens is 280 g/mol. The molecule has 1 fully saturated rings. The number of ether oxygens (including phenoxy) is 1. The fraction of sp³-hybridized carbons (Fsp3) is 0.375. The lowest BCUT2D eigenvalue weighted by atomic mass is 10.2. The molecule has 2 N–H and O–H groups in total. The van der Waals surface area contributed by atoms with E-state index in [0.29, 0.717) is 0 Å². The number of nitrogens with zero attached hydrogens (tertiary/aromatic N) is 2. The summed E-state index contributed by atoms with van der Waals surface area (Å²) in [5, 5.41) is 6.16. The van der Waals surface area contributed by atoms with Crippen molar-refractivity contribution < 1.29 is 9.53 Å². The number of carbonyl (C=O) groups is 1. The number of rotatable bonds is 4. The van der Waals surface area contributed by atoms with E-state index in [1.807, 2.05) is 35.9 Å². The van der Waals surface area contributed by atoms with Crippen LogP contribution in [-0.2, 0) is 4.79 Å². The fourth-order valence-corrected chi connectivity index (χ4v) is 2.66. The number of amides is 1. The molecule has 1 amide bonds. The summed E-state index contributed by atoms with van der Waals surface area (Å²) in [6.07, 6.45) is 5.58. The van der Waals surface area contributed by atoms with Gasteiger partial charge in [-0.25, -0.2) is 4.98 Å². The third kappa shape index (κ3) is 2.96. The van der Waals surface area contributed by atoms with Gasteiger partial charge in [0, 0.05) is 11.9 Å². The molecule has 1 aromatic heterocycles. The zero-order valence-corrected chi connectivity index (χ0v) is 12.8. The van der Waals surface area contributed by atoms with Crippen molar-refractivity contribution in [3.8, 4) is 11.4 Å². The first-order chi connectivity index (χ1) is 10.7. The Morgan fingerprint density at radius 2 is 2.36 bits per heavy atom. The van der Waals surface area contributed by atoms with Gasteiger partial charge in [-0.3, -0.25) is 4.79 Å². The number of anilines is 1. The van der Waals surface area contributed by atoms with Crippen molar-refractivity contribution in [3.05, 3.63) is 36.4 Å². The monoisotopic (exact) mass is 300 g/mol. The number of aryl methyl sites for hydroxylation is 1. The van der Waals surface area contributed by atoms with E-state index in [0.717, 1.165) is 42.2 Å². The number of hydrogen-bond donors (Lipinski definition) is 2. The number of benzene rings is 1. The topological polar surface area (TPSA) is 68.2 Å². The lowest BCUT2D eigenvalue weighted by Crippen LogP contribution is -2.35. The zero-order chi connectivity index (χ0) is 15.5. The maximum absolute atomic E-state index is 12.2. The number of nitrogens with one attached hydrogen (secondary N) is 2. The molecule has 2 heterocycles. The first-order valence-electron chi connectivity index (χ1n) is 7.40. The highest BCUT2D eigenvalue weighted by atomic mass is 16.5. The summed E-state index contributed by atoms with van der Waals surface area (Å²) in [5.74, 6) is 0.741. The second-order valence-electron chi connectivity index (χ2n) is 5.45. The quantitative estimate of drug-likeness (QED) is 0.904. The van der Waals surface area contributed by atoms with Crippen LogP contribution in [-0.4, -0.2) is 35.2 Å². The van der Waals surface area contributed by atoms with Crippen LogP contribution in [0.1, 0.15) is 18.5 Å². The smallest absolute Gasteiger partial charge is 0.241 e. The molecule has 1 aliphatic heterocycles. The van der Waals surface area contributed by atoms with E-state index in [-0.39, 0.29) is 11.9 Å². The average molecular weight is 300 g/mol. The summed E-state index contributed by atoms with van der Waals surface area (Å²) in [4.78, 5) is 16.4. The van der Waals surface area contributed by atoms with E-state index in [1.54, 1.807) is 13.4 Å². The Hall–Kier alpha value is -2.34. The summed E-state index contributed by atoms with van der Waals surface area (Å²) in [6.45, 7) is 2.83. The summed E-state index contributed by atoms with van der Waals surface area (Å²) in [6, 6.07) is 5.50. The highest BCUT2D eigenvalue weighted by Crippen LogP contribution is 2.27. The van der Waals surface area contributed by atoms with Crippen molar-refractivity contribution >= 4 is 11.6 Å². The van der Waals surface area contributed by atoms with Crippen LogP contribution in [0.5, 0.6) is 5.75 Å². The molecule has 1 aromatic carbocycles. The Morgan fingerprint density at radius 1 is 1.50 bits per heavy atom. The van der Waals surface area contributed by atoms with Crippen molar-refractivity contribution in [2.45, 2.75) is 25.8 Å². The van der Waals surface area contributed by atoms with Gasteiger partial charge < -0.3 is 19.9 Å². The summed E-state index contributed by atoms with van der Waals surface area (Å²) >= 11 is 0. The molecule has 0 bridgehead atoms. The Balaban J connectivity index is 1.85. The molecule has 0 radical (unpaired) electrons. The molecule has 116 valence electrons. The maximum atomic E-state index is 12.2. The normalized spacial score (nSPS) is 17.5. The zero-order valence-electron chi connectivity index (χ0n) is 12.8.